The molecule has 7 nitrogen and oxygen atoms in total. The van der Waals surface area contributed by atoms with Crippen molar-refractivity contribution in [1.82, 2.24) is 34.5 Å². The van der Waals surface area contributed by atoms with E-state index in [0.717, 1.165) is 35.4 Å². The van der Waals surface area contributed by atoms with Gasteiger partial charge in [-0.1, -0.05) is 26.8 Å². The predicted octanol–water partition coefficient (Wildman–Crippen LogP) is 6.54. The molecule has 1 aromatic carbocycles. The molecule has 0 amide bonds. The number of aromatic nitrogens is 7. The predicted molar refractivity (Wildman–Crippen MR) is 143 cm³/mol. The van der Waals surface area contributed by atoms with Gasteiger partial charge in [-0.25, -0.2) is 23.4 Å². The van der Waals surface area contributed by atoms with Crippen LogP contribution in [0.5, 0.6) is 0 Å². The molecule has 194 valence electrons. The van der Waals surface area contributed by atoms with Crippen LogP contribution in [0.2, 0.25) is 0 Å². The summed E-state index contributed by atoms with van der Waals surface area (Å²) in [4.78, 5) is 9.31. The van der Waals surface area contributed by atoms with Crippen LogP contribution in [0.3, 0.4) is 0 Å². The third kappa shape index (κ3) is 4.96. The maximum atomic E-state index is 14.6. The highest BCUT2D eigenvalue weighted by Crippen LogP contribution is 2.42. The molecule has 6 rings (SSSR count). The topological polar surface area (TPSA) is 74.3 Å². The third-order valence-corrected chi connectivity index (χ3v) is 6.43. The normalized spacial score (nSPS) is 12.8. The fraction of sp³-hybridized carbons (Fsp3) is 0.276. The first-order valence-electron chi connectivity index (χ1n) is 12.9. The fourth-order valence-electron chi connectivity index (χ4n) is 4.33. The number of aryl methyl sites for hydroxylation is 2. The standard InChI is InChI=1S/C27H23F2N7.C2H6/c1-3-20-7-9-23(29)26(32-20)18-13-31-36(14-18)25-11-17(10-24(33-25)16-4-5-16)21-8-6-19(28)12-22(21)27-34-30-15-35(27)2;1-2/h6-16H,3-5H2,1-2H3;1-2H3. The van der Waals surface area contributed by atoms with E-state index in [1.807, 2.05) is 40.0 Å². The molecular formula is C29H29F2N7. The van der Waals surface area contributed by atoms with Crippen molar-refractivity contribution in [2.75, 3.05) is 0 Å². The van der Waals surface area contributed by atoms with Gasteiger partial charge in [0.2, 0.25) is 0 Å². The quantitative estimate of drug-likeness (QED) is 0.258. The smallest absolute Gasteiger partial charge is 0.164 e. The summed E-state index contributed by atoms with van der Waals surface area (Å²) in [7, 11) is 1.82. The zero-order valence-electron chi connectivity index (χ0n) is 21.9. The van der Waals surface area contributed by atoms with Crippen LogP contribution in [-0.4, -0.2) is 34.5 Å². The van der Waals surface area contributed by atoms with Crippen molar-refractivity contribution in [2.45, 2.75) is 46.0 Å². The number of benzene rings is 1. The summed E-state index contributed by atoms with van der Waals surface area (Å²) in [5, 5.41) is 12.6. The SMILES string of the molecule is CC.CCc1ccc(F)c(-c2cnn(-c3cc(-c4ccc(F)cc4-c4nncn4C)cc(C4CC4)n3)c2)n1. The van der Waals surface area contributed by atoms with Gasteiger partial charge in [0.05, 0.1) is 6.20 Å². The largest absolute Gasteiger partial charge is 0.317 e. The van der Waals surface area contributed by atoms with E-state index in [1.54, 1.807) is 40.1 Å². The average molecular weight is 514 g/mol. The lowest BCUT2D eigenvalue weighted by Crippen LogP contribution is -2.02. The molecule has 0 bridgehead atoms. The van der Waals surface area contributed by atoms with Crippen LogP contribution in [0.25, 0.3) is 39.6 Å². The Labute approximate surface area is 220 Å². The van der Waals surface area contributed by atoms with Crippen LogP contribution in [0, 0.1) is 11.6 Å². The summed E-state index contributed by atoms with van der Waals surface area (Å²) in [6, 6.07) is 11.7. The van der Waals surface area contributed by atoms with E-state index in [2.05, 4.69) is 20.3 Å². The molecule has 4 aromatic heterocycles. The highest BCUT2D eigenvalue weighted by Gasteiger charge is 2.27. The van der Waals surface area contributed by atoms with E-state index in [4.69, 9.17) is 4.98 Å². The molecule has 0 radical (unpaired) electrons. The van der Waals surface area contributed by atoms with Crippen molar-refractivity contribution in [2.24, 2.45) is 7.05 Å². The first kappa shape index (κ1) is 25.4. The van der Waals surface area contributed by atoms with Gasteiger partial charge in [-0.15, -0.1) is 10.2 Å². The minimum Gasteiger partial charge on any atom is -0.317 e. The molecule has 0 N–H and O–H groups in total. The molecule has 0 spiro atoms. The molecule has 0 atom stereocenters. The zero-order chi connectivity index (χ0) is 26.8. The Morgan fingerprint density at radius 1 is 0.947 bits per heavy atom. The van der Waals surface area contributed by atoms with Gasteiger partial charge in [0, 0.05) is 41.7 Å². The monoisotopic (exact) mass is 513 g/mol. The van der Waals surface area contributed by atoms with Gasteiger partial charge in [0.1, 0.15) is 23.7 Å². The second-order valence-corrected chi connectivity index (χ2v) is 9.03. The van der Waals surface area contributed by atoms with Crippen LogP contribution in [0.1, 0.15) is 50.9 Å². The van der Waals surface area contributed by atoms with Gasteiger partial charge in [-0.2, -0.15) is 5.10 Å². The van der Waals surface area contributed by atoms with Crippen LogP contribution in [0.4, 0.5) is 8.78 Å². The fourth-order valence-corrected chi connectivity index (χ4v) is 4.33. The number of pyridine rings is 2. The van der Waals surface area contributed by atoms with E-state index in [0.29, 0.717) is 35.1 Å². The van der Waals surface area contributed by atoms with Crippen molar-refractivity contribution in [3.63, 3.8) is 0 Å². The third-order valence-electron chi connectivity index (χ3n) is 6.43. The van der Waals surface area contributed by atoms with Crippen LogP contribution in [0.15, 0.2) is 61.2 Å². The molecule has 1 saturated carbocycles. The second-order valence-electron chi connectivity index (χ2n) is 9.03. The van der Waals surface area contributed by atoms with Gasteiger partial charge in [-0.05, 0) is 66.8 Å². The Hall–Kier alpha value is -4.27. The summed E-state index contributed by atoms with van der Waals surface area (Å²) in [6.45, 7) is 5.98. The lowest BCUT2D eigenvalue weighted by atomic mass is 9.98. The molecule has 1 fully saturated rings. The number of hydrogen-bond acceptors (Lipinski definition) is 5. The number of halogens is 2. The van der Waals surface area contributed by atoms with Gasteiger partial charge in [-0.3, -0.25) is 0 Å². The molecule has 1 aliphatic carbocycles. The zero-order valence-corrected chi connectivity index (χ0v) is 21.9. The van der Waals surface area contributed by atoms with E-state index < -0.39 is 5.82 Å². The summed E-state index contributed by atoms with van der Waals surface area (Å²) in [6.07, 6.45) is 7.77. The van der Waals surface area contributed by atoms with E-state index >= 15 is 0 Å². The molecule has 1 aliphatic rings. The molecule has 0 aliphatic heterocycles. The molecule has 9 heteroatoms. The first-order valence-corrected chi connectivity index (χ1v) is 12.9. The molecule has 0 unspecified atom stereocenters. The summed E-state index contributed by atoms with van der Waals surface area (Å²) >= 11 is 0. The van der Waals surface area contributed by atoms with E-state index in [-0.39, 0.29) is 11.5 Å². The minimum absolute atomic E-state index is 0.266. The lowest BCUT2D eigenvalue weighted by molar-refractivity contribution is 0.624. The summed E-state index contributed by atoms with van der Waals surface area (Å²) in [5.41, 5.74) is 4.92. The Morgan fingerprint density at radius 2 is 1.76 bits per heavy atom. The first-order chi connectivity index (χ1) is 18.5. The van der Waals surface area contributed by atoms with Gasteiger partial charge < -0.3 is 4.57 Å². The summed E-state index contributed by atoms with van der Waals surface area (Å²) in [5.74, 6) is 0.786. The van der Waals surface area contributed by atoms with Crippen molar-refractivity contribution in [3.05, 3.63) is 84.2 Å². The minimum atomic E-state index is -0.397. The van der Waals surface area contributed by atoms with Gasteiger partial charge in [0.15, 0.2) is 11.6 Å². The van der Waals surface area contributed by atoms with Crippen molar-refractivity contribution in [1.29, 1.82) is 0 Å². The number of rotatable bonds is 6. The van der Waals surface area contributed by atoms with Gasteiger partial charge in [0.25, 0.3) is 0 Å². The molecule has 38 heavy (non-hydrogen) atoms. The molecular weight excluding hydrogens is 484 g/mol. The van der Waals surface area contributed by atoms with Crippen LogP contribution < -0.4 is 0 Å². The van der Waals surface area contributed by atoms with Crippen molar-refractivity contribution in [3.8, 4) is 39.6 Å². The highest BCUT2D eigenvalue weighted by atomic mass is 19.1. The van der Waals surface area contributed by atoms with Crippen molar-refractivity contribution < 1.29 is 8.78 Å². The Balaban J connectivity index is 0.00000144. The average Bonchev–Trinajstić information content (AvgIpc) is 3.53. The van der Waals surface area contributed by atoms with Crippen LogP contribution in [-0.2, 0) is 13.5 Å². The van der Waals surface area contributed by atoms with Crippen molar-refractivity contribution >= 4 is 0 Å². The molecule has 0 saturated heterocycles. The molecule has 5 aromatic rings. The number of nitrogens with zero attached hydrogens (tertiary/aromatic N) is 7. The lowest BCUT2D eigenvalue weighted by Gasteiger charge is -2.13. The molecule has 4 heterocycles. The Bertz CT molecular complexity index is 1580. The number of hydrogen-bond donors (Lipinski definition) is 0. The summed E-state index contributed by atoms with van der Waals surface area (Å²) < 4.78 is 32.2. The van der Waals surface area contributed by atoms with Gasteiger partial charge >= 0.3 is 0 Å². The second kappa shape index (κ2) is 10.6. The highest BCUT2D eigenvalue weighted by molar-refractivity contribution is 5.81. The van der Waals surface area contributed by atoms with Crippen LogP contribution >= 0.6 is 0 Å². The maximum absolute atomic E-state index is 14.6. The van der Waals surface area contributed by atoms with E-state index in [9.17, 15) is 8.78 Å². The Morgan fingerprint density at radius 3 is 2.47 bits per heavy atom. The Kier molecular flexibility index (Phi) is 7.09. The van der Waals surface area contributed by atoms with E-state index in [1.165, 1.54) is 18.2 Å². The maximum Gasteiger partial charge on any atom is 0.164 e.